The van der Waals surface area contributed by atoms with Gasteiger partial charge in [0.1, 0.15) is 0 Å². The molecule has 0 saturated heterocycles. The van der Waals surface area contributed by atoms with Crippen molar-refractivity contribution in [3.05, 3.63) is 400 Å². The van der Waals surface area contributed by atoms with Crippen LogP contribution >= 0.6 is 0 Å². The van der Waals surface area contributed by atoms with Crippen LogP contribution in [-0.4, -0.2) is 9.13 Å². The van der Waals surface area contributed by atoms with Gasteiger partial charge >= 0.3 is 0 Å². The molecule has 0 fully saturated rings. The van der Waals surface area contributed by atoms with Gasteiger partial charge in [-0.25, -0.2) is 0 Å². The fourth-order valence-corrected chi connectivity index (χ4v) is 17.2. The molecule has 0 aliphatic rings. The van der Waals surface area contributed by atoms with Gasteiger partial charge in [0.25, 0.3) is 0 Å². The van der Waals surface area contributed by atoms with Crippen LogP contribution in [0.4, 0.5) is 34.1 Å². The molecule has 2 aromatic heterocycles. The Morgan fingerprint density at radius 1 is 0.160 bits per heavy atom. The number of benzene rings is 19. The van der Waals surface area contributed by atoms with Gasteiger partial charge in [0, 0.05) is 65.8 Å². The molecule has 4 nitrogen and oxygen atoms in total. The largest absolute Gasteiger partial charge is 0.310 e. The van der Waals surface area contributed by atoms with E-state index in [2.05, 4.69) is 419 Å². The molecule has 0 aliphatic carbocycles. The minimum Gasteiger partial charge on any atom is -0.310 e. The SMILES string of the molecule is c1ccc(N(c2cccc(N(c3ccccc3)c3ccc(-n4c5ccc(-c6cccc7ccccc67)cc5c5cc(-c6cccc7ccccc67)ccc54)c4ccccc34)c2)c2ccc(-n3c4ccc(-c5cccc6ccccc56)cc4c4cc(-c5cccc6ccccc56)ccc43)c3ccccc23)cc1. The summed E-state index contributed by atoms with van der Waals surface area (Å²) in [4.78, 5) is 4.89. The quantitative estimate of drug-likeness (QED) is 0.121. The molecule has 0 N–H and O–H groups in total. The zero-order chi connectivity index (χ0) is 69.8. The molecule has 0 amide bonds. The molecule has 0 aliphatic heterocycles. The molecule has 0 unspecified atom stereocenters. The van der Waals surface area contributed by atoms with Gasteiger partial charge in [-0.1, -0.05) is 285 Å². The van der Waals surface area contributed by atoms with Crippen LogP contribution < -0.4 is 9.80 Å². The van der Waals surface area contributed by atoms with Crippen molar-refractivity contribution in [2.24, 2.45) is 0 Å². The number of rotatable bonds is 12. The maximum absolute atomic E-state index is 2.51. The average Bonchev–Trinajstić information content (AvgIpc) is 1.63. The highest BCUT2D eigenvalue weighted by molar-refractivity contribution is 6.18. The predicted octanol–water partition coefficient (Wildman–Crippen LogP) is 28.4. The normalized spacial score (nSPS) is 11.8. The van der Waals surface area contributed by atoms with E-state index < -0.39 is 0 Å². The van der Waals surface area contributed by atoms with Crippen LogP contribution in [0, 0.1) is 0 Å². The molecule has 0 bridgehead atoms. The van der Waals surface area contributed by atoms with Gasteiger partial charge < -0.3 is 18.9 Å². The van der Waals surface area contributed by atoms with Crippen LogP contribution in [0.1, 0.15) is 0 Å². The lowest BCUT2D eigenvalue weighted by Crippen LogP contribution is -2.14. The van der Waals surface area contributed by atoms with Gasteiger partial charge in [-0.15, -0.1) is 0 Å². The second-order valence-electron chi connectivity index (χ2n) is 27.9. The van der Waals surface area contributed by atoms with E-state index in [4.69, 9.17) is 0 Å². The maximum atomic E-state index is 2.51. The topological polar surface area (TPSA) is 16.3 Å². The zero-order valence-electron chi connectivity index (χ0n) is 57.9. The van der Waals surface area contributed by atoms with Gasteiger partial charge in [-0.05, 0) is 203 Å². The third kappa shape index (κ3) is 9.91. The lowest BCUT2D eigenvalue weighted by molar-refractivity contribution is 1.19. The van der Waals surface area contributed by atoms with Gasteiger partial charge in [0.2, 0.25) is 0 Å². The Hall–Kier alpha value is -14.1. The van der Waals surface area contributed by atoms with Gasteiger partial charge in [0.15, 0.2) is 0 Å². The van der Waals surface area contributed by atoms with Crippen molar-refractivity contribution in [3.8, 4) is 55.9 Å². The Morgan fingerprint density at radius 3 is 0.736 bits per heavy atom. The molecule has 21 rings (SSSR count). The first-order valence-corrected chi connectivity index (χ1v) is 36.5. The molecule has 19 aromatic carbocycles. The molecule has 494 valence electrons. The molecule has 4 heteroatoms. The summed E-state index contributed by atoms with van der Waals surface area (Å²) in [5, 5.41) is 19.2. The highest BCUT2D eigenvalue weighted by Crippen LogP contribution is 2.49. The highest BCUT2D eigenvalue weighted by atomic mass is 15.2. The molecule has 106 heavy (non-hydrogen) atoms. The molecule has 21 aromatic rings. The van der Waals surface area contributed by atoms with Crippen LogP contribution in [0.5, 0.6) is 0 Å². The van der Waals surface area contributed by atoms with Gasteiger partial charge in [-0.2, -0.15) is 0 Å². The molecule has 2 heterocycles. The van der Waals surface area contributed by atoms with E-state index in [0.29, 0.717) is 0 Å². The van der Waals surface area contributed by atoms with Crippen molar-refractivity contribution in [2.75, 3.05) is 9.80 Å². The summed E-state index contributed by atoms with van der Waals surface area (Å²) in [6.45, 7) is 0. The lowest BCUT2D eigenvalue weighted by Gasteiger charge is -2.31. The summed E-state index contributed by atoms with van der Waals surface area (Å²) in [6, 6.07) is 148. The van der Waals surface area contributed by atoms with Crippen LogP contribution in [0.15, 0.2) is 400 Å². The summed E-state index contributed by atoms with van der Waals surface area (Å²) in [7, 11) is 0. The molecular formula is C102H66N4. The summed E-state index contributed by atoms with van der Waals surface area (Å²) < 4.78 is 5.01. The lowest BCUT2D eigenvalue weighted by atomic mass is 9.95. The van der Waals surface area contributed by atoms with Crippen LogP contribution in [-0.2, 0) is 0 Å². The first kappa shape index (κ1) is 60.7. The van der Waals surface area contributed by atoms with Crippen molar-refractivity contribution in [1.82, 2.24) is 9.13 Å². The maximum Gasteiger partial charge on any atom is 0.0542 e. The third-order valence-corrected chi connectivity index (χ3v) is 22.0. The van der Waals surface area contributed by atoms with Crippen molar-refractivity contribution in [1.29, 1.82) is 0 Å². The standard InChI is InChI=1S/C102H66N4/c1-3-32-75(33-4-1)103(95-58-60-97(89-44-17-15-42-87(89)95)105-99-54-50-71(83-46-19-28-67-24-7-11-38-79(67)83)62-91(99)92-63-72(51-55-100(92)105)84-47-20-29-68-25-8-12-39-80(68)84)77-36-23-37-78(66-77)104(76-34-5-2-6-35-76)96-59-61-98(90-45-18-16-43-88(90)96)106-101-56-52-73(85-48-21-30-69-26-9-13-40-81(69)85)64-93(101)94-65-74(53-57-102(94)106)86-49-22-31-70-27-10-14-41-82(70)86/h1-66H. The number of anilines is 6. The predicted molar refractivity (Wildman–Crippen MR) is 451 cm³/mol. The Balaban J connectivity index is 0.720. The van der Waals surface area contributed by atoms with E-state index >= 15 is 0 Å². The van der Waals surface area contributed by atoms with E-state index in [9.17, 15) is 0 Å². The van der Waals surface area contributed by atoms with Gasteiger partial charge in [0.05, 0.1) is 44.8 Å². The third-order valence-electron chi connectivity index (χ3n) is 22.0. The van der Waals surface area contributed by atoms with Crippen LogP contribution in [0.2, 0.25) is 0 Å². The second kappa shape index (κ2) is 24.9. The van der Waals surface area contributed by atoms with Crippen molar-refractivity contribution in [2.45, 2.75) is 0 Å². The van der Waals surface area contributed by atoms with E-state index in [1.54, 1.807) is 0 Å². The number of nitrogens with zero attached hydrogens (tertiary/aromatic N) is 4. The monoisotopic (exact) mass is 1350 g/mol. The molecule has 0 saturated carbocycles. The fraction of sp³-hybridized carbons (Fsp3) is 0. The summed E-state index contributed by atoms with van der Waals surface area (Å²) in [6.07, 6.45) is 0. The molecule has 0 atom stereocenters. The van der Waals surface area contributed by atoms with E-state index in [-0.39, 0.29) is 0 Å². The fourth-order valence-electron chi connectivity index (χ4n) is 17.2. The number of hydrogen-bond acceptors (Lipinski definition) is 2. The number of para-hydroxylation sites is 2. The van der Waals surface area contributed by atoms with Crippen molar-refractivity contribution < 1.29 is 0 Å². The smallest absolute Gasteiger partial charge is 0.0542 e. The first-order chi connectivity index (χ1) is 52.6. The number of aromatic nitrogens is 2. The summed E-state index contributed by atoms with van der Waals surface area (Å²) in [5.74, 6) is 0. The van der Waals surface area contributed by atoms with Crippen LogP contribution in [0.3, 0.4) is 0 Å². The molecule has 0 radical (unpaired) electrons. The van der Waals surface area contributed by atoms with Crippen molar-refractivity contribution >= 4 is 142 Å². The Kier molecular flexibility index (Phi) is 14.2. The minimum absolute atomic E-state index is 1.03. The Labute approximate surface area is 613 Å². The molecule has 0 spiro atoms. The van der Waals surface area contributed by atoms with E-state index in [1.165, 1.54) is 109 Å². The Morgan fingerprint density at radius 2 is 0.415 bits per heavy atom. The summed E-state index contributed by atoms with van der Waals surface area (Å²) >= 11 is 0. The van der Waals surface area contributed by atoms with Gasteiger partial charge in [-0.3, -0.25) is 0 Å². The molecular weight excluding hydrogens is 1280 g/mol. The zero-order valence-corrected chi connectivity index (χ0v) is 57.9. The first-order valence-electron chi connectivity index (χ1n) is 36.5. The van der Waals surface area contributed by atoms with Crippen molar-refractivity contribution in [3.63, 3.8) is 0 Å². The minimum atomic E-state index is 1.03. The number of fused-ring (bicyclic) bond motifs is 12. The average molecular weight is 1350 g/mol. The number of hydrogen-bond donors (Lipinski definition) is 0. The summed E-state index contributed by atoms with van der Waals surface area (Å²) in [5.41, 5.74) is 22.8. The Bertz CT molecular complexity index is 6390. The second-order valence-corrected chi connectivity index (χ2v) is 27.9. The van der Waals surface area contributed by atoms with E-state index in [0.717, 1.165) is 89.1 Å². The van der Waals surface area contributed by atoms with E-state index in [1.807, 2.05) is 0 Å². The highest BCUT2D eigenvalue weighted by Gasteiger charge is 2.26. The van der Waals surface area contributed by atoms with Crippen LogP contribution in [0.25, 0.3) is 164 Å².